The summed E-state index contributed by atoms with van der Waals surface area (Å²) in [6.07, 6.45) is 0.835. The van der Waals surface area contributed by atoms with E-state index in [1.807, 2.05) is 19.0 Å². The van der Waals surface area contributed by atoms with Gasteiger partial charge in [0.05, 0.1) is 6.54 Å². The van der Waals surface area contributed by atoms with E-state index < -0.39 is 18.4 Å². The van der Waals surface area contributed by atoms with Crippen LogP contribution in [-0.4, -0.2) is 80.1 Å². The van der Waals surface area contributed by atoms with Gasteiger partial charge in [-0.15, -0.1) is 0 Å². The molecule has 3 N–H and O–H groups in total. The van der Waals surface area contributed by atoms with E-state index in [1.165, 1.54) is 4.90 Å². The molecule has 0 saturated heterocycles. The first-order valence-corrected chi connectivity index (χ1v) is 5.95. The minimum atomic E-state index is -1.12. The number of carboxylic acid groups (broad SMARTS) is 1. The van der Waals surface area contributed by atoms with Crippen molar-refractivity contribution in [2.45, 2.75) is 6.42 Å². The van der Waals surface area contributed by atoms with Crippen LogP contribution in [0.15, 0.2) is 0 Å². The minimum Gasteiger partial charge on any atom is -0.480 e. The second-order valence-electron chi connectivity index (χ2n) is 4.41. The molecule has 0 spiro atoms. The van der Waals surface area contributed by atoms with E-state index in [9.17, 15) is 14.4 Å². The van der Waals surface area contributed by atoms with Crippen LogP contribution in [-0.2, 0) is 9.59 Å². The van der Waals surface area contributed by atoms with Gasteiger partial charge in [-0.05, 0) is 27.1 Å². The van der Waals surface area contributed by atoms with Gasteiger partial charge in [0.2, 0.25) is 5.91 Å². The fourth-order valence-corrected chi connectivity index (χ4v) is 1.25. The van der Waals surface area contributed by atoms with Crippen molar-refractivity contribution >= 4 is 17.9 Å². The first-order chi connectivity index (χ1) is 8.82. The highest BCUT2D eigenvalue weighted by atomic mass is 16.4. The van der Waals surface area contributed by atoms with Crippen LogP contribution in [0.2, 0.25) is 0 Å². The van der Waals surface area contributed by atoms with Gasteiger partial charge in [0.1, 0.15) is 6.54 Å². The maximum absolute atomic E-state index is 11.6. The van der Waals surface area contributed by atoms with Gasteiger partial charge >= 0.3 is 12.0 Å². The number of rotatable bonds is 8. The number of carbonyl (C=O) groups excluding carboxylic acids is 2. The summed E-state index contributed by atoms with van der Waals surface area (Å²) in [5, 5.41) is 12.9. The molecule has 0 aliphatic heterocycles. The Bertz CT molecular complexity index is 320. The van der Waals surface area contributed by atoms with Crippen LogP contribution in [0.1, 0.15) is 6.42 Å². The molecular formula is C11H22N4O4. The normalized spacial score (nSPS) is 10.1. The topological polar surface area (TPSA) is 102 Å². The van der Waals surface area contributed by atoms with E-state index >= 15 is 0 Å². The Morgan fingerprint density at radius 3 is 2.16 bits per heavy atom. The fourth-order valence-electron chi connectivity index (χ4n) is 1.25. The average molecular weight is 274 g/mol. The molecule has 0 aliphatic rings. The molecule has 0 unspecified atom stereocenters. The van der Waals surface area contributed by atoms with Gasteiger partial charge in [-0.3, -0.25) is 9.59 Å². The maximum atomic E-state index is 11.6. The van der Waals surface area contributed by atoms with Gasteiger partial charge in [0.15, 0.2) is 0 Å². The highest BCUT2D eigenvalue weighted by Gasteiger charge is 2.10. The first kappa shape index (κ1) is 17.2. The number of carboxylic acids is 1. The lowest BCUT2D eigenvalue weighted by Gasteiger charge is -2.18. The monoisotopic (exact) mass is 274 g/mol. The summed E-state index contributed by atoms with van der Waals surface area (Å²) in [6.45, 7) is 0.773. The molecule has 0 fully saturated rings. The van der Waals surface area contributed by atoms with Crippen molar-refractivity contribution in [3.05, 3.63) is 0 Å². The van der Waals surface area contributed by atoms with E-state index in [4.69, 9.17) is 5.11 Å². The van der Waals surface area contributed by atoms with Crippen molar-refractivity contribution in [2.75, 3.05) is 47.3 Å². The van der Waals surface area contributed by atoms with Crippen LogP contribution in [0.3, 0.4) is 0 Å². The molecular weight excluding hydrogens is 252 g/mol. The summed E-state index contributed by atoms with van der Waals surface area (Å²) < 4.78 is 0. The van der Waals surface area contributed by atoms with E-state index in [0.29, 0.717) is 6.54 Å². The minimum absolute atomic E-state index is 0.232. The summed E-state index contributed by atoms with van der Waals surface area (Å²) in [5.74, 6) is -1.65. The molecule has 3 amide bonds. The predicted molar refractivity (Wildman–Crippen MR) is 69.8 cm³/mol. The number of nitrogens with zero attached hydrogens (tertiary/aromatic N) is 2. The summed E-state index contributed by atoms with van der Waals surface area (Å²) in [6, 6.07) is -0.357. The lowest BCUT2D eigenvalue weighted by molar-refractivity contribution is -0.137. The molecule has 0 rings (SSSR count). The number of urea groups is 1. The van der Waals surface area contributed by atoms with Crippen molar-refractivity contribution in [3.8, 4) is 0 Å². The Hall–Kier alpha value is -1.83. The standard InChI is InChI=1S/C11H22N4O4/c1-14(2)5-4-6-15(3)11(19)13-7-9(16)12-8-10(17)18/h4-8H2,1-3H3,(H,12,16)(H,13,19)(H,17,18). The van der Waals surface area contributed by atoms with Gasteiger partial charge < -0.3 is 25.5 Å². The number of hydrogen-bond acceptors (Lipinski definition) is 4. The van der Waals surface area contributed by atoms with E-state index in [2.05, 4.69) is 10.6 Å². The SMILES string of the molecule is CN(C)CCCN(C)C(=O)NCC(=O)NCC(=O)O. The molecule has 0 aromatic rings. The second kappa shape index (κ2) is 9.15. The number of carbonyl (C=O) groups is 3. The van der Waals surface area contributed by atoms with Crippen LogP contribution in [0.5, 0.6) is 0 Å². The van der Waals surface area contributed by atoms with E-state index in [1.54, 1.807) is 7.05 Å². The smallest absolute Gasteiger partial charge is 0.322 e. The summed E-state index contributed by atoms with van der Waals surface area (Å²) >= 11 is 0. The molecule has 0 aliphatic carbocycles. The molecule has 0 bridgehead atoms. The maximum Gasteiger partial charge on any atom is 0.322 e. The summed E-state index contributed by atoms with van der Waals surface area (Å²) in [5.41, 5.74) is 0. The fraction of sp³-hybridized carbons (Fsp3) is 0.727. The highest BCUT2D eigenvalue weighted by Crippen LogP contribution is 1.90. The van der Waals surface area contributed by atoms with Crippen molar-refractivity contribution in [1.82, 2.24) is 20.4 Å². The first-order valence-electron chi connectivity index (χ1n) is 5.95. The van der Waals surface area contributed by atoms with Crippen molar-refractivity contribution in [1.29, 1.82) is 0 Å². The Morgan fingerprint density at radius 1 is 1.00 bits per heavy atom. The Balaban J connectivity index is 3.77. The van der Waals surface area contributed by atoms with Gasteiger partial charge in [0.25, 0.3) is 0 Å². The Kier molecular flexibility index (Phi) is 8.27. The molecule has 0 aromatic heterocycles. The molecule has 0 heterocycles. The zero-order valence-electron chi connectivity index (χ0n) is 11.6. The molecule has 0 atom stereocenters. The summed E-state index contributed by atoms with van der Waals surface area (Å²) in [7, 11) is 5.54. The Labute approximate surface area is 112 Å². The number of amides is 3. The molecule has 110 valence electrons. The zero-order chi connectivity index (χ0) is 14.8. The van der Waals surface area contributed by atoms with Crippen LogP contribution < -0.4 is 10.6 Å². The van der Waals surface area contributed by atoms with E-state index in [-0.39, 0.29) is 12.6 Å². The van der Waals surface area contributed by atoms with Crippen molar-refractivity contribution < 1.29 is 19.5 Å². The predicted octanol–water partition coefficient (Wildman–Crippen LogP) is -1.22. The summed E-state index contributed by atoms with van der Waals surface area (Å²) in [4.78, 5) is 36.4. The molecule has 0 saturated carbocycles. The van der Waals surface area contributed by atoms with Crippen LogP contribution >= 0.6 is 0 Å². The number of hydrogen-bond donors (Lipinski definition) is 3. The Morgan fingerprint density at radius 2 is 1.63 bits per heavy atom. The average Bonchev–Trinajstić information content (AvgIpc) is 2.32. The van der Waals surface area contributed by atoms with Gasteiger partial charge in [-0.1, -0.05) is 0 Å². The number of aliphatic carboxylic acids is 1. The van der Waals surface area contributed by atoms with Crippen LogP contribution in [0, 0.1) is 0 Å². The van der Waals surface area contributed by atoms with Crippen LogP contribution in [0.4, 0.5) is 4.79 Å². The van der Waals surface area contributed by atoms with Gasteiger partial charge in [-0.2, -0.15) is 0 Å². The van der Waals surface area contributed by atoms with Gasteiger partial charge in [0, 0.05) is 13.6 Å². The highest BCUT2D eigenvalue weighted by molar-refractivity contribution is 5.86. The van der Waals surface area contributed by atoms with E-state index in [0.717, 1.165) is 13.0 Å². The van der Waals surface area contributed by atoms with Crippen molar-refractivity contribution in [3.63, 3.8) is 0 Å². The lowest BCUT2D eigenvalue weighted by Crippen LogP contribution is -2.44. The largest absolute Gasteiger partial charge is 0.480 e. The third-order valence-electron chi connectivity index (χ3n) is 2.28. The zero-order valence-corrected chi connectivity index (χ0v) is 11.6. The molecule has 8 nitrogen and oxygen atoms in total. The number of nitrogens with one attached hydrogen (secondary N) is 2. The lowest BCUT2D eigenvalue weighted by atomic mass is 10.4. The quantitative estimate of drug-likeness (QED) is 0.515. The van der Waals surface area contributed by atoms with Crippen LogP contribution in [0.25, 0.3) is 0 Å². The molecule has 0 radical (unpaired) electrons. The van der Waals surface area contributed by atoms with Crippen molar-refractivity contribution in [2.24, 2.45) is 0 Å². The third-order valence-corrected chi connectivity index (χ3v) is 2.28. The second-order valence-corrected chi connectivity index (χ2v) is 4.41. The molecule has 0 aromatic carbocycles. The molecule has 8 heteroatoms. The third kappa shape index (κ3) is 9.83. The molecule has 19 heavy (non-hydrogen) atoms. The van der Waals surface area contributed by atoms with Gasteiger partial charge in [-0.25, -0.2) is 4.79 Å².